The lowest BCUT2D eigenvalue weighted by Crippen LogP contribution is -2.17. The molecule has 0 bridgehead atoms. The standard InChI is InChI=1S/C21H27N5OS/c1-5-15-9-7-10-16(6-2)20(15)22-19(27)14-28-21-24-23-18(26(21)4)13-17-11-8-12-25(17)3/h7-12H,5-6,13-14H2,1-4H3,(H,22,27). The minimum Gasteiger partial charge on any atom is -0.354 e. The first-order valence-corrected chi connectivity index (χ1v) is 10.5. The van der Waals surface area contributed by atoms with Crippen LogP contribution in [0.2, 0.25) is 0 Å². The summed E-state index contributed by atoms with van der Waals surface area (Å²) in [7, 11) is 3.96. The monoisotopic (exact) mass is 397 g/mol. The van der Waals surface area contributed by atoms with E-state index in [0.717, 1.165) is 29.5 Å². The predicted molar refractivity (Wildman–Crippen MR) is 114 cm³/mol. The number of para-hydroxylation sites is 1. The second-order valence-electron chi connectivity index (χ2n) is 6.74. The Morgan fingerprint density at radius 1 is 1.07 bits per heavy atom. The van der Waals surface area contributed by atoms with Gasteiger partial charge in [-0.05, 0) is 36.1 Å². The van der Waals surface area contributed by atoms with Crippen molar-refractivity contribution >= 4 is 23.4 Å². The molecule has 0 spiro atoms. The molecular formula is C21H27N5OS. The van der Waals surface area contributed by atoms with Crippen LogP contribution in [-0.4, -0.2) is 31.0 Å². The van der Waals surface area contributed by atoms with Gasteiger partial charge in [-0.15, -0.1) is 10.2 Å². The van der Waals surface area contributed by atoms with Gasteiger partial charge in [-0.25, -0.2) is 0 Å². The van der Waals surface area contributed by atoms with Crippen molar-refractivity contribution in [3.05, 3.63) is 59.2 Å². The van der Waals surface area contributed by atoms with Crippen molar-refractivity contribution in [2.24, 2.45) is 14.1 Å². The number of thioether (sulfide) groups is 1. The zero-order valence-corrected chi connectivity index (χ0v) is 17.7. The van der Waals surface area contributed by atoms with Crippen LogP contribution in [0.5, 0.6) is 0 Å². The van der Waals surface area contributed by atoms with Crippen LogP contribution < -0.4 is 5.32 Å². The van der Waals surface area contributed by atoms with Crippen LogP contribution in [-0.2, 0) is 38.2 Å². The Morgan fingerprint density at radius 2 is 1.79 bits per heavy atom. The van der Waals surface area contributed by atoms with Crippen LogP contribution in [0.25, 0.3) is 0 Å². The lowest BCUT2D eigenvalue weighted by atomic mass is 10.0. The normalized spacial score (nSPS) is 11.0. The van der Waals surface area contributed by atoms with E-state index < -0.39 is 0 Å². The first-order chi connectivity index (χ1) is 13.5. The van der Waals surface area contributed by atoms with Crippen LogP contribution in [0, 0.1) is 0 Å². The molecule has 6 nitrogen and oxygen atoms in total. The highest BCUT2D eigenvalue weighted by atomic mass is 32.2. The van der Waals surface area contributed by atoms with Crippen LogP contribution >= 0.6 is 11.8 Å². The van der Waals surface area contributed by atoms with E-state index in [-0.39, 0.29) is 5.91 Å². The summed E-state index contributed by atoms with van der Waals surface area (Å²) in [6.45, 7) is 4.21. The SMILES string of the molecule is CCc1cccc(CC)c1NC(=O)CSc1nnc(Cc2cccn2C)n1C. The predicted octanol–water partition coefficient (Wildman–Crippen LogP) is 3.60. The number of hydrogen-bond donors (Lipinski definition) is 1. The van der Waals surface area contributed by atoms with Crippen molar-refractivity contribution in [1.29, 1.82) is 0 Å². The van der Waals surface area contributed by atoms with Gasteiger partial charge in [0.1, 0.15) is 5.82 Å². The molecule has 0 atom stereocenters. The molecule has 0 saturated carbocycles. The average molecular weight is 398 g/mol. The number of rotatable bonds is 8. The first-order valence-electron chi connectivity index (χ1n) is 9.55. The number of hydrogen-bond acceptors (Lipinski definition) is 4. The zero-order valence-electron chi connectivity index (χ0n) is 16.9. The molecule has 2 aromatic heterocycles. The Kier molecular flexibility index (Phi) is 6.57. The molecule has 0 radical (unpaired) electrons. The third-order valence-corrected chi connectivity index (χ3v) is 5.93. The third-order valence-electron chi connectivity index (χ3n) is 4.91. The van der Waals surface area contributed by atoms with E-state index in [1.54, 1.807) is 0 Å². The first kappa shape index (κ1) is 20.2. The number of amides is 1. The highest BCUT2D eigenvalue weighted by Gasteiger charge is 2.14. The molecule has 1 N–H and O–H groups in total. The summed E-state index contributed by atoms with van der Waals surface area (Å²) in [5.74, 6) is 1.17. The van der Waals surface area contributed by atoms with Crippen molar-refractivity contribution in [2.45, 2.75) is 38.3 Å². The van der Waals surface area contributed by atoms with Crippen LogP contribution in [0.15, 0.2) is 41.7 Å². The Bertz CT molecular complexity index is 937. The van der Waals surface area contributed by atoms with Crippen LogP contribution in [0.3, 0.4) is 0 Å². The maximum absolute atomic E-state index is 12.5. The Balaban J connectivity index is 1.64. The molecule has 0 unspecified atom stereocenters. The Morgan fingerprint density at radius 3 is 2.39 bits per heavy atom. The Labute approximate surface area is 170 Å². The summed E-state index contributed by atoms with van der Waals surface area (Å²) < 4.78 is 4.04. The van der Waals surface area contributed by atoms with E-state index in [9.17, 15) is 4.79 Å². The quantitative estimate of drug-likeness (QED) is 0.590. The minimum atomic E-state index is -0.0208. The number of carbonyl (C=O) groups is 1. The summed E-state index contributed by atoms with van der Waals surface area (Å²) in [5.41, 5.74) is 4.47. The second kappa shape index (κ2) is 9.10. The maximum Gasteiger partial charge on any atom is 0.234 e. The van der Waals surface area contributed by atoms with E-state index in [1.165, 1.54) is 28.6 Å². The molecule has 3 rings (SSSR count). The van der Waals surface area contributed by atoms with Gasteiger partial charge in [-0.2, -0.15) is 0 Å². The van der Waals surface area contributed by atoms with Crippen LogP contribution in [0.1, 0.15) is 36.5 Å². The van der Waals surface area contributed by atoms with E-state index in [1.807, 2.05) is 30.9 Å². The van der Waals surface area contributed by atoms with Gasteiger partial charge >= 0.3 is 0 Å². The topological polar surface area (TPSA) is 64.7 Å². The fourth-order valence-corrected chi connectivity index (χ4v) is 3.91. The van der Waals surface area contributed by atoms with E-state index >= 15 is 0 Å². The van der Waals surface area contributed by atoms with Gasteiger partial charge < -0.3 is 14.5 Å². The summed E-state index contributed by atoms with van der Waals surface area (Å²) >= 11 is 1.41. The number of nitrogens with zero attached hydrogens (tertiary/aromatic N) is 4. The highest BCUT2D eigenvalue weighted by Crippen LogP contribution is 2.24. The van der Waals surface area contributed by atoms with Crippen molar-refractivity contribution in [2.75, 3.05) is 11.1 Å². The molecule has 1 aromatic carbocycles. The van der Waals surface area contributed by atoms with Crippen molar-refractivity contribution in [3.8, 4) is 0 Å². The van der Waals surface area contributed by atoms with Gasteiger partial charge in [-0.3, -0.25) is 4.79 Å². The fraction of sp³-hybridized carbons (Fsp3) is 0.381. The molecule has 0 aliphatic rings. The summed E-state index contributed by atoms with van der Waals surface area (Å²) in [6.07, 6.45) is 4.51. The smallest absolute Gasteiger partial charge is 0.234 e. The third kappa shape index (κ3) is 4.47. The summed E-state index contributed by atoms with van der Waals surface area (Å²) in [6, 6.07) is 10.3. The molecule has 1 amide bonds. The van der Waals surface area contributed by atoms with E-state index in [0.29, 0.717) is 12.2 Å². The lowest BCUT2D eigenvalue weighted by molar-refractivity contribution is -0.113. The van der Waals surface area contributed by atoms with Gasteiger partial charge in [0.25, 0.3) is 0 Å². The van der Waals surface area contributed by atoms with Gasteiger partial charge in [0.2, 0.25) is 5.91 Å². The number of benzene rings is 1. The number of carbonyl (C=O) groups excluding carboxylic acids is 1. The zero-order chi connectivity index (χ0) is 20.1. The van der Waals surface area contributed by atoms with Gasteiger partial charge in [0, 0.05) is 38.1 Å². The molecule has 0 fully saturated rings. The molecule has 3 aromatic rings. The van der Waals surface area contributed by atoms with E-state index in [2.05, 4.69) is 58.2 Å². The number of aryl methyl sites for hydroxylation is 3. The highest BCUT2D eigenvalue weighted by molar-refractivity contribution is 7.99. The molecule has 28 heavy (non-hydrogen) atoms. The Hall–Kier alpha value is -2.54. The van der Waals surface area contributed by atoms with Crippen molar-refractivity contribution in [1.82, 2.24) is 19.3 Å². The van der Waals surface area contributed by atoms with Crippen molar-refractivity contribution < 1.29 is 4.79 Å². The molecule has 148 valence electrons. The lowest BCUT2D eigenvalue weighted by Gasteiger charge is -2.14. The summed E-state index contributed by atoms with van der Waals surface area (Å²) in [5, 5.41) is 12.4. The molecular weight excluding hydrogens is 370 g/mol. The van der Waals surface area contributed by atoms with E-state index in [4.69, 9.17) is 0 Å². The van der Waals surface area contributed by atoms with Gasteiger partial charge in [0.05, 0.1) is 5.75 Å². The molecule has 0 aliphatic heterocycles. The average Bonchev–Trinajstić information content (AvgIpc) is 3.26. The molecule has 7 heteroatoms. The van der Waals surface area contributed by atoms with Crippen LogP contribution in [0.4, 0.5) is 5.69 Å². The van der Waals surface area contributed by atoms with Crippen molar-refractivity contribution in [3.63, 3.8) is 0 Å². The summed E-state index contributed by atoms with van der Waals surface area (Å²) in [4.78, 5) is 12.5. The number of anilines is 1. The maximum atomic E-state index is 12.5. The second-order valence-corrected chi connectivity index (χ2v) is 7.68. The largest absolute Gasteiger partial charge is 0.354 e. The fourth-order valence-electron chi connectivity index (χ4n) is 3.18. The van der Waals surface area contributed by atoms with Gasteiger partial charge in [0.15, 0.2) is 5.16 Å². The minimum absolute atomic E-state index is 0.0208. The number of aromatic nitrogens is 4. The molecule has 0 aliphatic carbocycles. The molecule has 0 saturated heterocycles. The number of nitrogens with one attached hydrogen (secondary N) is 1. The molecule has 2 heterocycles. The van der Waals surface area contributed by atoms with Gasteiger partial charge in [-0.1, -0.05) is 43.8 Å².